The van der Waals surface area contributed by atoms with Gasteiger partial charge in [-0.25, -0.2) is 14.5 Å². The van der Waals surface area contributed by atoms with Gasteiger partial charge in [0.15, 0.2) is 5.69 Å². The van der Waals surface area contributed by atoms with Crippen LogP contribution in [0.25, 0.3) is 16.6 Å². The van der Waals surface area contributed by atoms with Crippen LogP contribution in [-0.4, -0.2) is 48.7 Å². The van der Waals surface area contributed by atoms with Crippen molar-refractivity contribution in [3.8, 4) is 5.69 Å². The predicted molar refractivity (Wildman–Crippen MR) is 190 cm³/mol. The number of amides is 3. The Labute approximate surface area is 294 Å². The Morgan fingerprint density at radius 3 is 2.24 bits per heavy atom. The van der Waals surface area contributed by atoms with E-state index >= 15 is 0 Å². The first-order valence-corrected chi connectivity index (χ1v) is 17.2. The summed E-state index contributed by atoms with van der Waals surface area (Å²) in [6.07, 6.45) is 1.75. The molecule has 2 bridgehead atoms. The monoisotopic (exact) mass is 695 g/mol. The molecule has 2 unspecified atom stereocenters. The lowest BCUT2D eigenvalue weighted by Gasteiger charge is -2.39. The molecule has 2 aliphatic heterocycles. The van der Waals surface area contributed by atoms with Crippen LogP contribution in [0.3, 0.4) is 0 Å². The molecule has 0 spiro atoms. The molecule has 0 saturated carbocycles. The van der Waals surface area contributed by atoms with Gasteiger partial charge in [-0.1, -0.05) is 50.6 Å². The van der Waals surface area contributed by atoms with Crippen molar-refractivity contribution in [1.82, 2.24) is 24.6 Å². The fourth-order valence-corrected chi connectivity index (χ4v) is 7.38. The second-order valence-electron chi connectivity index (χ2n) is 14.8. The van der Waals surface area contributed by atoms with Crippen LogP contribution in [0.4, 0.5) is 29.5 Å². The predicted octanol–water partition coefficient (Wildman–Crippen LogP) is 8.71. The van der Waals surface area contributed by atoms with Crippen LogP contribution in [0.15, 0.2) is 79.1 Å². The van der Waals surface area contributed by atoms with Gasteiger partial charge < -0.3 is 10.2 Å². The van der Waals surface area contributed by atoms with Gasteiger partial charge in [0.2, 0.25) is 0 Å². The van der Waals surface area contributed by atoms with E-state index in [4.69, 9.17) is 5.10 Å². The summed E-state index contributed by atoms with van der Waals surface area (Å²) in [6, 6.07) is 19.5. The third kappa shape index (κ3) is 7.17. The number of nitrogens with zero attached hydrogens (tertiary/aromatic N) is 5. The maximum absolute atomic E-state index is 14.1. The summed E-state index contributed by atoms with van der Waals surface area (Å²) in [4.78, 5) is 36.4. The zero-order chi connectivity index (χ0) is 36.1. The Hall–Kier alpha value is -5.26. The highest BCUT2D eigenvalue weighted by atomic mass is 19.4. The van der Waals surface area contributed by atoms with Crippen molar-refractivity contribution in [2.24, 2.45) is 5.92 Å². The number of carbonyl (C=O) groups is 2. The van der Waals surface area contributed by atoms with Crippen molar-refractivity contribution in [3.05, 3.63) is 107 Å². The van der Waals surface area contributed by atoms with Crippen molar-refractivity contribution in [2.75, 3.05) is 10.6 Å². The molecular weight excluding hydrogens is 655 g/mol. The summed E-state index contributed by atoms with van der Waals surface area (Å²) >= 11 is 0. The standard InChI is InChI=1S/C39H40F3N7O2/c1-23-5-11-28(12-6-23)49-34(21-33(47-49)38(2,3)4)46-37(51)44-27-9-7-24(8-10-27)17-25-18-29-13-14-30(19-25)48(29)36(50)31-20-26-22-43-16-15-32(26)45-35(31)39(40,41)42/h5-12,15-16,20-22,25,29-30H,13-14,17-19H2,1-4H3,(H2,44,46,51). The molecule has 9 nitrogen and oxygen atoms in total. The number of nitrogens with one attached hydrogen (secondary N) is 2. The average Bonchev–Trinajstić information content (AvgIpc) is 3.62. The molecule has 51 heavy (non-hydrogen) atoms. The molecule has 2 atom stereocenters. The molecule has 7 rings (SSSR count). The van der Waals surface area contributed by atoms with E-state index in [2.05, 4.69) is 41.4 Å². The van der Waals surface area contributed by atoms with Crippen LogP contribution in [0.1, 0.15) is 79.3 Å². The topological polar surface area (TPSA) is 105 Å². The first-order valence-electron chi connectivity index (χ1n) is 17.2. The minimum absolute atomic E-state index is 0.135. The molecule has 2 fully saturated rings. The van der Waals surface area contributed by atoms with Crippen LogP contribution in [0, 0.1) is 12.8 Å². The Morgan fingerprint density at radius 2 is 1.59 bits per heavy atom. The summed E-state index contributed by atoms with van der Waals surface area (Å²) in [6.45, 7) is 8.23. The van der Waals surface area contributed by atoms with E-state index < -0.39 is 29.4 Å². The van der Waals surface area contributed by atoms with E-state index in [9.17, 15) is 22.8 Å². The van der Waals surface area contributed by atoms with Crippen LogP contribution in [0.5, 0.6) is 0 Å². The highest BCUT2D eigenvalue weighted by Gasteiger charge is 2.46. The van der Waals surface area contributed by atoms with Gasteiger partial charge in [-0.15, -0.1) is 0 Å². The van der Waals surface area contributed by atoms with E-state index in [0.717, 1.165) is 41.8 Å². The number of urea groups is 1. The second kappa shape index (κ2) is 13.1. The molecule has 0 radical (unpaired) electrons. The molecule has 5 heterocycles. The molecular formula is C39H40F3N7O2. The number of carbonyl (C=O) groups excluding carboxylic acids is 2. The normalized spacial score (nSPS) is 19.0. The summed E-state index contributed by atoms with van der Waals surface area (Å²) in [5, 5.41) is 11.1. The molecule has 12 heteroatoms. The van der Waals surface area contributed by atoms with Gasteiger partial charge in [-0.05, 0) is 86.9 Å². The Morgan fingerprint density at radius 1 is 0.902 bits per heavy atom. The Kier molecular flexibility index (Phi) is 8.81. The molecule has 3 amide bonds. The largest absolute Gasteiger partial charge is 0.434 e. The fourth-order valence-electron chi connectivity index (χ4n) is 7.38. The molecule has 2 aromatic carbocycles. The highest BCUT2D eigenvalue weighted by Crippen LogP contribution is 2.42. The minimum atomic E-state index is -4.76. The highest BCUT2D eigenvalue weighted by molar-refractivity contribution is 6.00. The zero-order valence-corrected chi connectivity index (χ0v) is 29.0. The number of aryl methyl sites for hydroxylation is 1. The number of fused-ring (bicyclic) bond motifs is 3. The third-order valence-corrected chi connectivity index (χ3v) is 9.91. The van der Waals surface area contributed by atoms with E-state index in [1.54, 1.807) is 9.58 Å². The number of rotatable bonds is 6. The van der Waals surface area contributed by atoms with Crippen molar-refractivity contribution in [2.45, 2.75) is 83.5 Å². The molecule has 2 aliphatic rings. The van der Waals surface area contributed by atoms with Crippen LogP contribution >= 0.6 is 0 Å². The van der Waals surface area contributed by atoms with Crippen molar-refractivity contribution in [1.29, 1.82) is 0 Å². The van der Waals surface area contributed by atoms with Gasteiger partial charge in [0.25, 0.3) is 5.91 Å². The van der Waals surface area contributed by atoms with Gasteiger partial charge in [-0.3, -0.25) is 15.1 Å². The number of alkyl halides is 3. The van der Waals surface area contributed by atoms with Crippen molar-refractivity contribution in [3.63, 3.8) is 0 Å². The maximum atomic E-state index is 14.1. The number of hydrogen-bond acceptors (Lipinski definition) is 5. The van der Waals surface area contributed by atoms with Crippen LogP contribution < -0.4 is 10.6 Å². The Balaban J connectivity index is 0.997. The number of hydrogen-bond donors (Lipinski definition) is 2. The summed E-state index contributed by atoms with van der Waals surface area (Å²) in [5.41, 5.74) is 2.90. The van der Waals surface area contributed by atoms with Gasteiger partial charge >= 0.3 is 12.2 Å². The lowest BCUT2D eigenvalue weighted by Crippen LogP contribution is -2.47. The smallest absolute Gasteiger partial charge is 0.333 e. The van der Waals surface area contributed by atoms with Gasteiger partial charge in [0.1, 0.15) is 5.82 Å². The first-order chi connectivity index (χ1) is 24.2. The number of halogens is 3. The summed E-state index contributed by atoms with van der Waals surface area (Å²) in [7, 11) is 0. The zero-order valence-electron chi connectivity index (χ0n) is 29.0. The minimum Gasteiger partial charge on any atom is -0.333 e. The van der Waals surface area contributed by atoms with E-state index in [1.165, 1.54) is 24.5 Å². The number of aromatic nitrogens is 4. The Bertz CT molecular complexity index is 2070. The van der Waals surface area contributed by atoms with Crippen LogP contribution in [-0.2, 0) is 18.0 Å². The molecule has 0 aliphatic carbocycles. The van der Waals surface area contributed by atoms with Gasteiger partial charge in [0.05, 0.1) is 22.5 Å². The first kappa shape index (κ1) is 34.2. The van der Waals surface area contributed by atoms with Crippen molar-refractivity contribution < 1.29 is 22.8 Å². The molecule has 2 saturated heterocycles. The number of pyridine rings is 2. The van der Waals surface area contributed by atoms with Crippen molar-refractivity contribution >= 4 is 34.3 Å². The average molecular weight is 696 g/mol. The number of anilines is 2. The van der Waals surface area contributed by atoms with Gasteiger partial charge in [0, 0.05) is 47.0 Å². The molecule has 2 N–H and O–H groups in total. The SMILES string of the molecule is Cc1ccc(-n2nc(C(C)(C)C)cc2NC(=O)Nc2ccc(CC3CC4CCC(C3)N4C(=O)c3cc4cnccc4nc3C(F)(F)F)cc2)cc1. The lowest BCUT2D eigenvalue weighted by molar-refractivity contribution is -0.141. The van der Waals surface area contributed by atoms with Crippen LogP contribution in [0.2, 0.25) is 0 Å². The second-order valence-corrected chi connectivity index (χ2v) is 14.8. The number of piperidine rings is 1. The summed E-state index contributed by atoms with van der Waals surface area (Å²) in [5.74, 6) is 0.214. The maximum Gasteiger partial charge on any atom is 0.434 e. The molecule has 3 aromatic heterocycles. The van der Waals surface area contributed by atoms with E-state index in [0.29, 0.717) is 29.7 Å². The number of benzene rings is 2. The van der Waals surface area contributed by atoms with Gasteiger partial charge in [-0.2, -0.15) is 18.3 Å². The lowest BCUT2D eigenvalue weighted by atomic mass is 9.85. The third-order valence-electron chi connectivity index (χ3n) is 9.91. The fraction of sp³-hybridized carbons (Fsp3) is 0.359. The quantitative estimate of drug-likeness (QED) is 0.185. The summed E-state index contributed by atoms with van der Waals surface area (Å²) < 4.78 is 43.9. The van der Waals surface area contributed by atoms with E-state index in [1.807, 2.05) is 61.5 Å². The molecule has 5 aromatic rings. The van der Waals surface area contributed by atoms with E-state index in [-0.39, 0.29) is 28.9 Å². The molecule has 264 valence electrons.